The first-order chi connectivity index (χ1) is 8.48. The van der Waals surface area contributed by atoms with Crippen LogP contribution in [0.1, 0.15) is 26.2 Å². The van der Waals surface area contributed by atoms with Gasteiger partial charge < -0.3 is 20.1 Å². The number of carbonyl (C=O) groups excluding carboxylic acids is 1. The van der Waals surface area contributed by atoms with Crippen LogP contribution in [0.3, 0.4) is 0 Å². The number of amides is 1. The van der Waals surface area contributed by atoms with Gasteiger partial charge in [0.15, 0.2) is 0 Å². The molecular formula is C12H20N2O4. The molecule has 1 amide bonds. The van der Waals surface area contributed by atoms with E-state index in [2.05, 4.69) is 5.32 Å². The topological polar surface area (TPSA) is 78.9 Å². The summed E-state index contributed by atoms with van der Waals surface area (Å²) in [6.07, 6.45) is 2.95. The van der Waals surface area contributed by atoms with Crippen LogP contribution < -0.4 is 5.32 Å². The third-order valence-corrected chi connectivity index (χ3v) is 3.30. The van der Waals surface area contributed by atoms with Crippen molar-refractivity contribution in [1.82, 2.24) is 10.2 Å². The van der Waals surface area contributed by atoms with Crippen LogP contribution in [0.4, 0.5) is 0 Å². The fourth-order valence-corrected chi connectivity index (χ4v) is 2.09. The first kappa shape index (κ1) is 13.3. The molecule has 2 aliphatic rings. The summed E-state index contributed by atoms with van der Waals surface area (Å²) in [5.74, 6) is -0.866. The molecule has 0 bridgehead atoms. The lowest BCUT2D eigenvalue weighted by Gasteiger charge is -2.47. The van der Waals surface area contributed by atoms with E-state index in [-0.39, 0.29) is 12.5 Å². The Morgan fingerprint density at radius 2 is 2.11 bits per heavy atom. The van der Waals surface area contributed by atoms with Gasteiger partial charge in [-0.15, -0.1) is 0 Å². The van der Waals surface area contributed by atoms with Gasteiger partial charge >= 0.3 is 5.97 Å². The Balaban J connectivity index is 1.60. The van der Waals surface area contributed by atoms with E-state index in [0.717, 1.165) is 6.54 Å². The van der Waals surface area contributed by atoms with E-state index in [1.165, 1.54) is 12.8 Å². The summed E-state index contributed by atoms with van der Waals surface area (Å²) in [6, 6.07) is 0.623. The molecule has 0 unspecified atom stereocenters. The minimum Gasteiger partial charge on any atom is -0.480 e. The molecule has 1 heterocycles. The Labute approximate surface area is 106 Å². The van der Waals surface area contributed by atoms with Crippen LogP contribution in [-0.2, 0) is 14.3 Å². The van der Waals surface area contributed by atoms with Crippen LogP contribution in [0, 0.1) is 0 Å². The average Bonchev–Trinajstić information content (AvgIpc) is 3.06. The van der Waals surface area contributed by atoms with Gasteiger partial charge in [0.05, 0.1) is 13.1 Å². The number of nitrogens with zero attached hydrogens (tertiary/aromatic N) is 1. The van der Waals surface area contributed by atoms with Gasteiger partial charge in [-0.3, -0.25) is 4.79 Å². The van der Waals surface area contributed by atoms with Crippen molar-refractivity contribution in [3.05, 3.63) is 0 Å². The number of aliphatic carboxylic acids is 1. The first-order valence-corrected chi connectivity index (χ1v) is 6.35. The van der Waals surface area contributed by atoms with Crippen LogP contribution in [0.25, 0.3) is 0 Å². The Bertz CT molecular complexity index is 335. The van der Waals surface area contributed by atoms with Gasteiger partial charge in [0.25, 0.3) is 0 Å². The molecule has 0 atom stereocenters. The van der Waals surface area contributed by atoms with E-state index in [1.54, 1.807) is 4.90 Å². The number of carbonyl (C=O) groups is 2. The minimum atomic E-state index is -0.977. The number of carboxylic acids is 1. The molecule has 0 spiro atoms. The Morgan fingerprint density at radius 3 is 2.67 bits per heavy atom. The van der Waals surface area contributed by atoms with Gasteiger partial charge in [0.2, 0.25) is 5.91 Å². The molecule has 0 aromatic heterocycles. The molecule has 2 fully saturated rings. The number of hydrogen-bond donors (Lipinski definition) is 2. The maximum atomic E-state index is 11.8. The van der Waals surface area contributed by atoms with E-state index >= 15 is 0 Å². The molecule has 2 rings (SSSR count). The maximum Gasteiger partial charge on any atom is 0.329 e. The molecule has 2 N–H and O–H groups in total. The van der Waals surface area contributed by atoms with Crippen LogP contribution in [0.2, 0.25) is 0 Å². The largest absolute Gasteiger partial charge is 0.480 e. The highest BCUT2D eigenvalue weighted by Gasteiger charge is 2.42. The fraction of sp³-hybridized carbons (Fsp3) is 0.833. The zero-order valence-corrected chi connectivity index (χ0v) is 10.6. The van der Waals surface area contributed by atoms with Crippen molar-refractivity contribution in [2.75, 3.05) is 26.2 Å². The molecule has 18 heavy (non-hydrogen) atoms. The van der Waals surface area contributed by atoms with E-state index in [0.29, 0.717) is 25.6 Å². The normalized spacial score (nSPS) is 21.5. The molecule has 102 valence electrons. The predicted octanol–water partition coefficient (Wildman–Crippen LogP) is -0.169. The van der Waals surface area contributed by atoms with Crippen molar-refractivity contribution in [1.29, 1.82) is 0 Å². The number of rotatable bonds is 7. The summed E-state index contributed by atoms with van der Waals surface area (Å²) in [5.41, 5.74) is -0.488. The lowest BCUT2D eigenvalue weighted by atomic mass is 9.96. The van der Waals surface area contributed by atoms with E-state index < -0.39 is 11.6 Å². The third-order valence-electron chi connectivity index (χ3n) is 3.30. The molecule has 1 aliphatic carbocycles. The monoisotopic (exact) mass is 256 g/mol. The fourth-order valence-electron chi connectivity index (χ4n) is 2.09. The molecule has 0 radical (unpaired) electrons. The summed E-state index contributed by atoms with van der Waals surface area (Å²) in [5, 5.41) is 11.8. The van der Waals surface area contributed by atoms with Crippen LogP contribution in [0.15, 0.2) is 0 Å². The molecular weight excluding hydrogens is 236 g/mol. The molecule has 0 aromatic rings. The first-order valence-electron chi connectivity index (χ1n) is 6.35. The van der Waals surface area contributed by atoms with E-state index in [9.17, 15) is 9.59 Å². The number of likely N-dealkylation sites (tertiary alicyclic amines) is 1. The molecule has 0 aromatic carbocycles. The zero-order valence-electron chi connectivity index (χ0n) is 10.6. The quantitative estimate of drug-likeness (QED) is 0.661. The van der Waals surface area contributed by atoms with Gasteiger partial charge in [-0.25, -0.2) is 4.79 Å². The van der Waals surface area contributed by atoms with Gasteiger partial charge in [0.1, 0.15) is 12.2 Å². The van der Waals surface area contributed by atoms with E-state index in [4.69, 9.17) is 9.84 Å². The van der Waals surface area contributed by atoms with Gasteiger partial charge in [-0.05, 0) is 19.8 Å². The van der Waals surface area contributed by atoms with Gasteiger partial charge in [-0.2, -0.15) is 0 Å². The van der Waals surface area contributed by atoms with Gasteiger partial charge in [0, 0.05) is 19.0 Å². The predicted molar refractivity (Wildman–Crippen MR) is 64.2 cm³/mol. The highest BCUT2D eigenvalue weighted by atomic mass is 16.5. The number of carboxylic acid groups (broad SMARTS) is 1. The molecule has 1 saturated heterocycles. The summed E-state index contributed by atoms with van der Waals surface area (Å²) in [6.45, 7) is 3.24. The standard InChI is InChI=1S/C12H20N2O4/c1-12(18-6-11(16)17)7-14(8-12)10(15)4-5-13-9-2-3-9/h9,13H,2-8H2,1H3,(H,16,17). The number of ether oxygens (including phenoxy) is 1. The van der Waals surface area contributed by atoms with Crippen LogP contribution >= 0.6 is 0 Å². The highest BCUT2D eigenvalue weighted by molar-refractivity contribution is 5.77. The lowest BCUT2D eigenvalue weighted by Crippen LogP contribution is -2.63. The van der Waals surface area contributed by atoms with Crippen molar-refractivity contribution in [3.63, 3.8) is 0 Å². The van der Waals surface area contributed by atoms with Crippen molar-refractivity contribution in [2.45, 2.75) is 37.8 Å². The minimum absolute atomic E-state index is 0.111. The molecule has 1 saturated carbocycles. The smallest absolute Gasteiger partial charge is 0.329 e. The molecule has 6 heteroatoms. The molecule has 1 aliphatic heterocycles. The number of nitrogens with one attached hydrogen (secondary N) is 1. The average molecular weight is 256 g/mol. The summed E-state index contributed by atoms with van der Waals surface area (Å²) in [4.78, 5) is 23.9. The lowest BCUT2D eigenvalue weighted by molar-refractivity contribution is -0.173. The van der Waals surface area contributed by atoms with Crippen molar-refractivity contribution >= 4 is 11.9 Å². The highest BCUT2D eigenvalue weighted by Crippen LogP contribution is 2.25. The van der Waals surface area contributed by atoms with Gasteiger partial charge in [-0.1, -0.05) is 0 Å². The van der Waals surface area contributed by atoms with Crippen LogP contribution in [0.5, 0.6) is 0 Å². The van der Waals surface area contributed by atoms with Crippen molar-refractivity contribution in [2.24, 2.45) is 0 Å². The zero-order chi connectivity index (χ0) is 13.2. The second-order valence-corrected chi connectivity index (χ2v) is 5.36. The van der Waals surface area contributed by atoms with Crippen LogP contribution in [-0.4, -0.2) is 59.8 Å². The second-order valence-electron chi connectivity index (χ2n) is 5.36. The summed E-state index contributed by atoms with van der Waals surface area (Å²) >= 11 is 0. The van der Waals surface area contributed by atoms with Crippen molar-refractivity contribution in [3.8, 4) is 0 Å². The Hall–Kier alpha value is -1.14. The molecule has 6 nitrogen and oxygen atoms in total. The van der Waals surface area contributed by atoms with Crippen molar-refractivity contribution < 1.29 is 19.4 Å². The SMILES string of the molecule is CC1(OCC(=O)O)CN(C(=O)CCNC2CC2)C1. The third kappa shape index (κ3) is 3.68. The summed E-state index contributed by atoms with van der Waals surface area (Å²) < 4.78 is 5.25. The number of hydrogen-bond acceptors (Lipinski definition) is 4. The Kier molecular flexibility index (Phi) is 3.87. The Morgan fingerprint density at radius 1 is 1.44 bits per heavy atom. The van der Waals surface area contributed by atoms with E-state index in [1.807, 2.05) is 6.92 Å². The summed E-state index contributed by atoms with van der Waals surface area (Å²) in [7, 11) is 0. The maximum absolute atomic E-state index is 11.8. The second kappa shape index (κ2) is 5.24.